The highest BCUT2D eigenvalue weighted by Gasteiger charge is 2.21. The predicted octanol–water partition coefficient (Wildman–Crippen LogP) is 0.525. The topological polar surface area (TPSA) is 78.1 Å². The average Bonchev–Trinajstić information content (AvgIpc) is 2.78. The Balaban J connectivity index is 1.87. The maximum absolute atomic E-state index is 12.4. The minimum absolute atomic E-state index is 0.102. The normalized spacial score (nSPS) is 16.2. The Labute approximate surface area is 109 Å². The Morgan fingerprint density at radius 2 is 2.26 bits per heavy atom. The molecule has 0 saturated carbocycles. The molecule has 1 aromatic carbocycles. The fourth-order valence-electron chi connectivity index (χ4n) is 2.24. The summed E-state index contributed by atoms with van der Waals surface area (Å²) < 4.78 is 0. The van der Waals surface area contributed by atoms with Crippen LogP contribution in [-0.2, 0) is 4.79 Å². The largest absolute Gasteiger partial charge is 0.354 e. The number of benzene rings is 1. The molecule has 98 valence electrons. The third-order valence-corrected chi connectivity index (χ3v) is 3.24. The van der Waals surface area contributed by atoms with Gasteiger partial charge in [-0.3, -0.25) is 14.7 Å². The number of nitrogens with zero attached hydrogens (tertiary/aromatic N) is 2. The van der Waals surface area contributed by atoms with Gasteiger partial charge < -0.3 is 10.2 Å². The fourth-order valence-corrected chi connectivity index (χ4v) is 2.24. The van der Waals surface area contributed by atoms with Gasteiger partial charge in [-0.1, -0.05) is 0 Å². The number of carbonyl (C=O) groups excluding carboxylic acids is 2. The molecule has 1 saturated heterocycles. The van der Waals surface area contributed by atoms with Gasteiger partial charge in [-0.2, -0.15) is 5.10 Å². The van der Waals surface area contributed by atoms with Crippen molar-refractivity contribution >= 4 is 22.7 Å². The highest BCUT2D eigenvalue weighted by Crippen LogP contribution is 2.15. The Morgan fingerprint density at radius 3 is 3.16 bits per heavy atom. The van der Waals surface area contributed by atoms with Crippen LogP contribution in [0.3, 0.4) is 0 Å². The predicted molar refractivity (Wildman–Crippen MR) is 69.6 cm³/mol. The lowest BCUT2D eigenvalue weighted by atomic mass is 10.1. The Kier molecular flexibility index (Phi) is 2.91. The zero-order valence-corrected chi connectivity index (χ0v) is 10.3. The number of nitrogens with one attached hydrogen (secondary N) is 2. The number of hydrogen-bond acceptors (Lipinski definition) is 3. The quantitative estimate of drug-likeness (QED) is 0.783. The van der Waals surface area contributed by atoms with Crippen LogP contribution < -0.4 is 5.32 Å². The number of hydrogen-bond donors (Lipinski definition) is 2. The number of aromatic amines is 1. The van der Waals surface area contributed by atoms with E-state index in [2.05, 4.69) is 15.5 Å². The van der Waals surface area contributed by atoms with Gasteiger partial charge in [0.05, 0.1) is 18.3 Å². The molecular formula is C13H14N4O2. The van der Waals surface area contributed by atoms with E-state index in [0.717, 1.165) is 17.3 Å². The molecule has 19 heavy (non-hydrogen) atoms. The van der Waals surface area contributed by atoms with Crippen LogP contribution in [0.5, 0.6) is 0 Å². The molecule has 1 aliphatic heterocycles. The molecular weight excluding hydrogens is 244 g/mol. The SMILES string of the molecule is O=C1CN(C(=O)c2ccc3[nH]ncc3c2)CCCN1. The van der Waals surface area contributed by atoms with Crippen LogP contribution in [0.1, 0.15) is 16.8 Å². The number of amides is 2. The first-order valence-corrected chi connectivity index (χ1v) is 6.23. The lowest BCUT2D eigenvalue weighted by Crippen LogP contribution is -2.37. The Bertz CT molecular complexity index is 634. The monoisotopic (exact) mass is 258 g/mol. The second-order valence-corrected chi connectivity index (χ2v) is 4.60. The summed E-state index contributed by atoms with van der Waals surface area (Å²) in [6.45, 7) is 1.35. The molecule has 6 heteroatoms. The molecule has 1 aromatic heterocycles. The summed E-state index contributed by atoms with van der Waals surface area (Å²) in [5.74, 6) is -0.213. The van der Waals surface area contributed by atoms with Crippen LogP contribution in [0.25, 0.3) is 10.9 Å². The summed E-state index contributed by atoms with van der Waals surface area (Å²) in [6.07, 6.45) is 2.46. The van der Waals surface area contributed by atoms with Crippen molar-refractivity contribution in [3.63, 3.8) is 0 Å². The molecule has 0 spiro atoms. The van der Waals surface area contributed by atoms with E-state index in [4.69, 9.17) is 0 Å². The molecule has 0 aliphatic carbocycles. The smallest absolute Gasteiger partial charge is 0.254 e. The van der Waals surface area contributed by atoms with E-state index in [0.29, 0.717) is 18.7 Å². The maximum Gasteiger partial charge on any atom is 0.254 e. The highest BCUT2D eigenvalue weighted by molar-refractivity contribution is 5.99. The van der Waals surface area contributed by atoms with Crippen molar-refractivity contribution in [1.29, 1.82) is 0 Å². The number of rotatable bonds is 1. The minimum atomic E-state index is -0.111. The minimum Gasteiger partial charge on any atom is -0.354 e. The zero-order chi connectivity index (χ0) is 13.2. The first-order valence-electron chi connectivity index (χ1n) is 6.23. The van der Waals surface area contributed by atoms with Gasteiger partial charge in [0.15, 0.2) is 0 Å². The number of carbonyl (C=O) groups is 2. The van der Waals surface area contributed by atoms with Gasteiger partial charge in [0.25, 0.3) is 5.91 Å². The molecule has 0 atom stereocenters. The van der Waals surface area contributed by atoms with E-state index in [1.807, 2.05) is 6.07 Å². The van der Waals surface area contributed by atoms with Crippen LogP contribution >= 0.6 is 0 Å². The van der Waals surface area contributed by atoms with E-state index in [-0.39, 0.29) is 18.4 Å². The van der Waals surface area contributed by atoms with Gasteiger partial charge >= 0.3 is 0 Å². The van der Waals surface area contributed by atoms with Gasteiger partial charge in [0, 0.05) is 24.0 Å². The van der Waals surface area contributed by atoms with Crippen LogP contribution in [0.4, 0.5) is 0 Å². The summed E-state index contributed by atoms with van der Waals surface area (Å²) in [5, 5.41) is 10.4. The van der Waals surface area contributed by atoms with Crippen LogP contribution in [0.2, 0.25) is 0 Å². The summed E-state index contributed by atoms with van der Waals surface area (Å²) in [5.41, 5.74) is 1.48. The Hall–Kier alpha value is -2.37. The van der Waals surface area contributed by atoms with Gasteiger partial charge in [-0.05, 0) is 24.6 Å². The Morgan fingerprint density at radius 1 is 1.37 bits per heavy atom. The summed E-state index contributed by atoms with van der Waals surface area (Å²) in [6, 6.07) is 5.38. The molecule has 2 aromatic rings. The van der Waals surface area contributed by atoms with Crippen molar-refractivity contribution < 1.29 is 9.59 Å². The zero-order valence-electron chi connectivity index (χ0n) is 10.3. The van der Waals surface area contributed by atoms with E-state index in [1.54, 1.807) is 23.2 Å². The molecule has 0 unspecified atom stereocenters. The summed E-state index contributed by atoms with van der Waals surface area (Å²) in [4.78, 5) is 25.4. The first kappa shape index (κ1) is 11.7. The fraction of sp³-hybridized carbons (Fsp3) is 0.308. The first-order chi connectivity index (χ1) is 9.24. The summed E-state index contributed by atoms with van der Waals surface area (Å²) >= 11 is 0. The van der Waals surface area contributed by atoms with Crippen molar-refractivity contribution in [3.8, 4) is 0 Å². The third kappa shape index (κ3) is 2.29. The lowest BCUT2D eigenvalue weighted by Gasteiger charge is -2.18. The van der Waals surface area contributed by atoms with Crippen molar-refractivity contribution in [2.75, 3.05) is 19.6 Å². The van der Waals surface area contributed by atoms with Crippen LogP contribution in [0, 0.1) is 0 Å². The van der Waals surface area contributed by atoms with E-state index in [1.165, 1.54) is 0 Å². The average molecular weight is 258 g/mol. The lowest BCUT2D eigenvalue weighted by molar-refractivity contribution is -0.121. The number of fused-ring (bicyclic) bond motifs is 1. The number of aromatic nitrogens is 2. The molecule has 3 rings (SSSR count). The van der Waals surface area contributed by atoms with E-state index >= 15 is 0 Å². The molecule has 0 radical (unpaired) electrons. The second kappa shape index (κ2) is 4.72. The van der Waals surface area contributed by atoms with Gasteiger partial charge in [-0.15, -0.1) is 0 Å². The van der Waals surface area contributed by atoms with E-state index in [9.17, 15) is 9.59 Å². The standard InChI is InChI=1S/C13H14N4O2/c18-12-8-17(5-1-4-14-12)13(19)9-2-3-11-10(6-9)7-15-16-11/h2-3,6-7H,1,4-5,8H2,(H,14,18)(H,15,16). The van der Waals surface area contributed by atoms with Gasteiger partial charge in [0.2, 0.25) is 5.91 Å². The van der Waals surface area contributed by atoms with Gasteiger partial charge in [-0.25, -0.2) is 0 Å². The summed E-state index contributed by atoms with van der Waals surface area (Å²) in [7, 11) is 0. The molecule has 2 heterocycles. The molecule has 0 bridgehead atoms. The molecule has 1 fully saturated rings. The molecule has 2 N–H and O–H groups in total. The third-order valence-electron chi connectivity index (χ3n) is 3.24. The van der Waals surface area contributed by atoms with Crippen LogP contribution in [-0.4, -0.2) is 46.5 Å². The number of H-pyrrole nitrogens is 1. The molecule has 6 nitrogen and oxygen atoms in total. The van der Waals surface area contributed by atoms with E-state index < -0.39 is 0 Å². The maximum atomic E-state index is 12.4. The van der Waals surface area contributed by atoms with Gasteiger partial charge in [0.1, 0.15) is 0 Å². The van der Waals surface area contributed by atoms with Crippen molar-refractivity contribution in [2.24, 2.45) is 0 Å². The van der Waals surface area contributed by atoms with Crippen molar-refractivity contribution in [1.82, 2.24) is 20.4 Å². The highest BCUT2D eigenvalue weighted by atomic mass is 16.2. The van der Waals surface area contributed by atoms with Crippen molar-refractivity contribution in [3.05, 3.63) is 30.0 Å². The van der Waals surface area contributed by atoms with Crippen LogP contribution in [0.15, 0.2) is 24.4 Å². The molecule has 2 amide bonds. The molecule has 1 aliphatic rings. The second-order valence-electron chi connectivity index (χ2n) is 4.60. The van der Waals surface area contributed by atoms with Crippen molar-refractivity contribution in [2.45, 2.75) is 6.42 Å².